The first kappa shape index (κ1) is 15.5. The van der Waals surface area contributed by atoms with Crippen LogP contribution < -0.4 is 5.32 Å². The maximum Gasteiger partial charge on any atom is 0.283 e. The van der Waals surface area contributed by atoms with Crippen LogP contribution in [0.15, 0.2) is 40.9 Å². The number of rotatable bonds is 3. The Morgan fingerprint density at radius 1 is 1.33 bits per heavy atom. The molecule has 1 amide bonds. The van der Waals surface area contributed by atoms with Gasteiger partial charge in [0.1, 0.15) is 5.56 Å². The van der Waals surface area contributed by atoms with Gasteiger partial charge < -0.3 is 5.32 Å². The Morgan fingerprint density at radius 2 is 2.05 bits per heavy atom. The number of carbonyl (C=O) groups is 1. The van der Waals surface area contributed by atoms with E-state index in [2.05, 4.69) is 21.2 Å². The number of halogens is 2. The second-order valence-corrected chi connectivity index (χ2v) is 5.54. The van der Waals surface area contributed by atoms with E-state index in [-0.39, 0.29) is 16.3 Å². The van der Waals surface area contributed by atoms with Gasteiger partial charge in [-0.3, -0.25) is 14.9 Å². The number of carbonyl (C=O) groups excluding carboxylic acids is 1. The third kappa shape index (κ3) is 3.40. The van der Waals surface area contributed by atoms with E-state index in [1.807, 2.05) is 13.0 Å². The fourth-order valence-electron chi connectivity index (χ4n) is 1.78. The summed E-state index contributed by atoms with van der Waals surface area (Å²) in [5.41, 5.74) is 1.12. The van der Waals surface area contributed by atoms with Crippen LogP contribution in [0.5, 0.6) is 0 Å². The SMILES string of the molecule is Cc1cccc(NC(=O)c2ccc(Cl)cc2[N+](=O)[O-])c1Br. The third-order valence-corrected chi connectivity index (χ3v) is 4.13. The van der Waals surface area contributed by atoms with Crippen LogP contribution in [0.1, 0.15) is 15.9 Å². The topological polar surface area (TPSA) is 72.2 Å². The standard InChI is InChI=1S/C14H10BrClN2O3/c1-8-3-2-4-11(13(8)15)17-14(19)10-6-5-9(16)7-12(10)18(20)21/h2-7H,1H3,(H,17,19). The fourth-order valence-corrected chi connectivity index (χ4v) is 2.31. The highest BCUT2D eigenvalue weighted by Gasteiger charge is 2.21. The van der Waals surface area contributed by atoms with Gasteiger partial charge in [-0.1, -0.05) is 23.7 Å². The fraction of sp³-hybridized carbons (Fsp3) is 0.0714. The first-order valence-corrected chi connectivity index (χ1v) is 7.07. The minimum absolute atomic E-state index is 0.0437. The van der Waals surface area contributed by atoms with Crippen LogP contribution in [0, 0.1) is 17.0 Å². The Hall–Kier alpha value is -1.92. The molecule has 0 unspecified atom stereocenters. The van der Waals surface area contributed by atoms with Crippen LogP contribution in [-0.4, -0.2) is 10.8 Å². The molecule has 0 saturated carbocycles. The highest BCUT2D eigenvalue weighted by molar-refractivity contribution is 9.10. The number of aryl methyl sites for hydroxylation is 1. The summed E-state index contributed by atoms with van der Waals surface area (Å²) < 4.78 is 0.731. The maximum atomic E-state index is 12.2. The first-order chi connectivity index (χ1) is 9.90. The van der Waals surface area contributed by atoms with Crippen LogP contribution in [0.4, 0.5) is 11.4 Å². The number of nitrogens with one attached hydrogen (secondary N) is 1. The van der Waals surface area contributed by atoms with Gasteiger partial charge >= 0.3 is 0 Å². The number of anilines is 1. The Morgan fingerprint density at radius 3 is 2.71 bits per heavy atom. The smallest absolute Gasteiger partial charge is 0.283 e. The van der Waals surface area contributed by atoms with Gasteiger partial charge in [0, 0.05) is 15.6 Å². The van der Waals surface area contributed by atoms with E-state index in [0.29, 0.717) is 5.69 Å². The van der Waals surface area contributed by atoms with Crippen LogP contribution in [-0.2, 0) is 0 Å². The highest BCUT2D eigenvalue weighted by Crippen LogP contribution is 2.28. The Bertz CT molecular complexity index is 734. The summed E-state index contributed by atoms with van der Waals surface area (Å²) in [5, 5.41) is 13.9. The molecule has 0 atom stereocenters. The number of hydrogen-bond donors (Lipinski definition) is 1. The van der Waals surface area contributed by atoms with E-state index in [1.54, 1.807) is 12.1 Å². The van der Waals surface area contributed by atoms with Gasteiger partial charge in [0.15, 0.2) is 0 Å². The molecule has 0 bridgehead atoms. The largest absolute Gasteiger partial charge is 0.321 e. The number of benzene rings is 2. The number of amides is 1. The summed E-state index contributed by atoms with van der Waals surface area (Å²) in [6, 6.07) is 9.29. The van der Waals surface area contributed by atoms with Crippen molar-refractivity contribution in [3.05, 3.63) is 67.1 Å². The summed E-state index contributed by atoms with van der Waals surface area (Å²) in [6.45, 7) is 1.88. The lowest BCUT2D eigenvalue weighted by molar-refractivity contribution is -0.385. The van der Waals surface area contributed by atoms with Crippen molar-refractivity contribution in [2.75, 3.05) is 5.32 Å². The molecule has 0 aliphatic heterocycles. The second-order valence-electron chi connectivity index (χ2n) is 4.31. The lowest BCUT2D eigenvalue weighted by atomic mass is 10.1. The van der Waals surface area contributed by atoms with Gasteiger partial charge in [-0.2, -0.15) is 0 Å². The molecule has 0 heterocycles. The van der Waals surface area contributed by atoms with Crippen molar-refractivity contribution in [2.45, 2.75) is 6.92 Å². The lowest BCUT2D eigenvalue weighted by Crippen LogP contribution is -2.14. The molecule has 0 fully saturated rings. The Labute approximate surface area is 134 Å². The van der Waals surface area contributed by atoms with Gasteiger partial charge in [0.05, 0.1) is 10.6 Å². The quantitative estimate of drug-likeness (QED) is 0.636. The average Bonchev–Trinajstić information content (AvgIpc) is 2.43. The van der Waals surface area contributed by atoms with Gasteiger partial charge in [0.2, 0.25) is 0 Å². The van der Waals surface area contributed by atoms with Crippen LogP contribution >= 0.6 is 27.5 Å². The Balaban J connectivity index is 2.37. The molecular weight excluding hydrogens is 360 g/mol. The molecule has 0 saturated heterocycles. The van der Waals surface area contributed by atoms with E-state index in [1.165, 1.54) is 12.1 Å². The van der Waals surface area contributed by atoms with E-state index in [4.69, 9.17) is 11.6 Å². The molecular formula is C14H10BrClN2O3. The van der Waals surface area contributed by atoms with Crippen molar-refractivity contribution in [3.8, 4) is 0 Å². The monoisotopic (exact) mass is 368 g/mol. The molecule has 0 aliphatic rings. The van der Waals surface area contributed by atoms with Crippen molar-refractivity contribution in [1.29, 1.82) is 0 Å². The zero-order chi connectivity index (χ0) is 15.6. The molecule has 2 aromatic rings. The minimum Gasteiger partial charge on any atom is -0.321 e. The molecule has 0 aromatic heterocycles. The summed E-state index contributed by atoms with van der Waals surface area (Å²) in [7, 11) is 0. The maximum absolute atomic E-state index is 12.2. The zero-order valence-corrected chi connectivity index (χ0v) is 13.2. The van der Waals surface area contributed by atoms with Crippen molar-refractivity contribution in [3.63, 3.8) is 0 Å². The van der Waals surface area contributed by atoms with Crippen molar-refractivity contribution >= 4 is 44.8 Å². The number of hydrogen-bond acceptors (Lipinski definition) is 3. The lowest BCUT2D eigenvalue weighted by Gasteiger charge is -2.09. The molecule has 5 nitrogen and oxygen atoms in total. The molecule has 21 heavy (non-hydrogen) atoms. The summed E-state index contributed by atoms with van der Waals surface area (Å²) in [4.78, 5) is 22.6. The van der Waals surface area contributed by atoms with Crippen molar-refractivity contribution in [1.82, 2.24) is 0 Å². The second kappa shape index (κ2) is 6.24. The molecule has 108 valence electrons. The molecule has 0 spiro atoms. The molecule has 2 aromatic carbocycles. The zero-order valence-electron chi connectivity index (χ0n) is 10.9. The highest BCUT2D eigenvalue weighted by atomic mass is 79.9. The van der Waals surface area contributed by atoms with Gasteiger partial charge in [-0.05, 0) is 46.6 Å². The minimum atomic E-state index is -0.633. The van der Waals surface area contributed by atoms with E-state index >= 15 is 0 Å². The van der Waals surface area contributed by atoms with E-state index < -0.39 is 10.8 Å². The Kier molecular flexibility index (Phi) is 4.59. The predicted octanol–water partition coefficient (Wildman–Crippen LogP) is 4.57. The summed E-state index contributed by atoms with van der Waals surface area (Å²) in [6.07, 6.45) is 0. The van der Waals surface area contributed by atoms with E-state index in [9.17, 15) is 14.9 Å². The van der Waals surface area contributed by atoms with Crippen LogP contribution in [0.3, 0.4) is 0 Å². The van der Waals surface area contributed by atoms with Crippen LogP contribution in [0.2, 0.25) is 5.02 Å². The van der Waals surface area contributed by atoms with Crippen molar-refractivity contribution < 1.29 is 9.72 Å². The van der Waals surface area contributed by atoms with E-state index in [0.717, 1.165) is 16.1 Å². The third-order valence-electron chi connectivity index (χ3n) is 2.84. The van der Waals surface area contributed by atoms with Gasteiger partial charge in [-0.25, -0.2) is 0 Å². The van der Waals surface area contributed by atoms with Crippen molar-refractivity contribution in [2.24, 2.45) is 0 Å². The first-order valence-electron chi connectivity index (χ1n) is 5.90. The molecule has 1 N–H and O–H groups in total. The molecule has 2 rings (SSSR count). The van der Waals surface area contributed by atoms with Crippen LogP contribution in [0.25, 0.3) is 0 Å². The normalized spacial score (nSPS) is 10.2. The molecule has 0 aliphatic carbocycles. The molecule has 0 radical (unpaired) electrons. The summed E-state index contributed by atoms with van der Waals surface area (Å²) >= 11 is 9.10. The number of nitro benzene ring substituents is 1. The van der Waals surface area contributed by atoms with Gasteiger partial charge in [-0.15, -0.1) is 0 Å². The molecule has 7 heteroatoms. The predicted molar refractivity (Wildman–Crippen MR) is 84.9 cm³/mol. The average molecular weight is 370 g/mol. The van der Waals surface area contributed by atoms with Gasteiger partial charge in [0.25, 0.3) is 11.6 Å². The summed E-state index contributed by atoms with van der Waals surface area (Å²) in [5.74, 6) is -0.565. The number of nitrogens with zero attached hydrogens (tertiary/aromatic N) is 1. The number of nitro groups is 1.